The van der Waals surface area contributed by atoms with Gasteiger partial charge in [-0.2, -0.15) is 0 Å². The Morgan fingerprint density at radius 2 is 1.81 bits per heavy atom. The van der Waals surface area contributed by atoms with Gasteiger partial charge in [0.15, 0.2) is 5.78 Å². The molecule has 110 valence electrons. The molecule has 0 saturated heterocycles. The zero-order valence-electron chi connectivity index (χ0n) is 10.9. The van der Waals surface area contributed by atoms with E-state index in [1.807, 2.05) is 6.92 Å². The number of ether oxygens (including phenoxy) is 1. The van der Waals surface area contributed by atoms with Gasteiger partial charge >= 0.3 is 0 Å². The predicted octanol–water partition coefficient (Wildman–Crippen LogP) is 6.04. The SMILES string of the molecule is CCOc1cc(Cl)c(C(=O)c2ccc(Cl)c(Br)c2)cc1Cl. The largest absolute Gasteiger partial charge is 0.492 e. The molecule has 0 atom stereocenters. The molecule has 0 aliphatic rings. The third-order valence-electron chi connectivity index (χ3n) is 2.75. The fraction of sp³-hybridized carbons (Fsp3) is 0.133. The van der Waals surface area contributed by atoms with Crippen LogP contribution in [0.2, 0.25) is 15.1 Å². The molecule has 0 bridgehead atoms. The fourth-order valence-corrected chi connectivity index (χ4v) is 2.72. The monoisotopic (exact) mass is 406 g/mol. The average Bonchev–Trinajstić information content (AvgIpc) is 2.45. The minimum absolute atomic E-state index is 0.234. The molecule has 2 aromatic rings. The van der Waals surface area contributed by atoms with E-state index in [1.165, 1.54) is 6.07 Å². The predicted molar refractivity (Wildman–Crippen MR) is 90.2 cm³/mol. The van der Waals surface area contributed by atoms with Gasteiger partial charge in [-0.25, -0.2) is 0 Å². The molecule has 2 rings (SSSR count). The molecule has 0 spiro atoms. The molecule has 0 amide bonds. The lowest BCUT2D eigenvalue weighted by Crippen LogP contribution is -2.03. The summed E-state index contributed by atoms with van der Waals surface area (Å²) in [4.78, 5) is 12.5. The molecule has 2 nitrogen and oxygen atoms in total. The van der Waals surface area contributed by atoms with Crippen LogP contribution in [-0.4, -0.2) is 12.4 Å². The first-order valence-electron chi connectivity index (χ1n) is 6.05. The summed E-state index contributed by atoms with van der Waals surface area (Å²) in [6.07, 6.45) is 0. The topological polar surface area (TPSA) is 26.3 Å². The van der Waals surface area contributed by atoms with Gasteiger partial charge < -0.3 is 4.74 Å². The van der Waals surface area contributed by atoms with Crippen LogP contribution in [0.5, 0.6) is 5.75 Å². The number of ketones is 1. The zero-order chi connectivity index (χ0) is 15.6. The van der Waals surface area contributed by atoms with Gasteiger partial charge in [-0.3, -0.25) is 4.79 Å². The van der Waals surface area contributed by atoms with E-state index in [1.54, 1.807) is 24.3 Å². The molecule has 21 heavy (non-hydrogen) atoms. The van der Waals surface area contributed by atoms with Crippen molar-refractivity contribution < 1.29 is 9.53 Å². The van der Waals surface area contributed by atoms with Crippen LogP contribution in [0.1, 0.15) is 22.8 Å². The van der Waals surface area contributed by atoms with Crippen molar-refractivity contribution in [1.82, 2.24) is 0 Å². The van der Waals surface area contributed by atoms with Crippen molar-refractivity contribution in [3.8, 4) is 5.75 Å². The van der Waals surface area contributed by atoms with E-state index in [2.05, 4.69) is 15.9 Å². The quantitative estimate of drug-likeness (QED) is 0.577. The number of hydrogen-bond acceptors (Lipinski definition) is 2. The van der Waals surface area contributed by atoms with Crippen LogP contribution in [0, 0.1) is 0 Å². The maximum absolute atomic E-state index is 12.5. The Balaban J connectivity index is 2.43. The maximum atomic E-state index is 12.5. The number of hydrogen-bond donors (Lipinski definition) is 0. The van der Waals surface area contributed by atoms with Gasteiger partial charge in [0.1, 0.15) is 5.75 Å². The minimum atomic E-state index is -0.234. The van der Waals surface area contributed by atoms with E-state index in [4.69, 9.17) is 39.5 Å². The lowest BCUT2D eigenvalue weighted by Gasteiger charge is -2.10. The number of benzene rings is 2. The lowest BCUT2D eigenvalue weighted by molar-refractivity contribution is 0.103. The highest BCUT2D eigenvalue weighted by Gasteiger charge is 2.17. The van der Waals surface area contributed by atoms with E-state index < -0.39 is 0 Å². The Bertz CT molecular complexity index is 702. The summed E-state index contributed by atoms with van der Waals surface area (Å²) in [5, 5.41) is 1.17. The van der Waals surface area contributed by atoms with Crippen LogP contribution in [0.3, 0.4) is 0 Å². The maximum Gasteiger partial charge on any atom is 0.194 e. The summed E-state index contributed by atoms with van der Waals surface area (Å²) in [7, 11) is 0. The van der Waals surface area contributed by atoms with Gasteiger partial charge in [0, 0.05) is 21.7 Å². The molecular weight excluding hydrogens is 398 g/mol. The third-order valence-corrected chi connectivity index (χ3v) is 4.57. The number of carbonyl (C=O) groups is 1. The van der Waals surface area contributed by atoms with E-state index in [0.717, 1.165) is 0 Å². The molecule has 0 unspecified atom stereocenters. The summed E-state index contributed by atoms with van der Waals surface area (Å²) >= 11 is 21.5. The molecular formula is C15H10BrCl3O2. The Morgan fingerprint density at radius 1 is 1.10 bits per heavy atom. The molecule has 0 radical (unpaired) electrons. The smallest absolute Gasteiger partial charge is 0.194 e. The van der Waals surface area contributed by atoms with Crippen LogP contribution in [0.4, 0.5) is 0 Å². The highest BCUT2D eigenvalue weighted by molar-refractivity contribution is 9.10. The standard InChI is InChI=1S/C15H10BrCl3O2/c1-2-21-14-7-12(18)9(6-13(14)19)15(20)8-3-4-11(17)10(16)5-8/h3-7H,2H2,1H3. The lowest BCUT2D eigenvalue weighted by atomic mass is 10.0. The van der Waals surface area contributed by atoms with Crippen molar-refractivity contribution in [1.29, 1.82) is 0 Å². The first kappa shape index (κ1) is 16.6. The van der Waals surface area contributed by atoms with Crippen LogP contribution >= 0.6 is 50.7 Å². The molecule has 0 aliphatic carbocycles. The summed E-state index contributed by atoms with van der Waals surface area (Å²) in [6, 6.07) is 7.98. The van der Waals surface area contributed by atoms with Gasteiger partial charge in [0.05, 0.1) is 21.7 Å². The van der Waals surface area contributed by atoms with Crippen molar-refractivity contribution in [2.24, 2.45) is 0 Å². The van der Waals surface area contributed by atoms with Crippen molar-refractivity contribution in [2.75, 3.05) is 6.61 Å². The van der Waals surface area contributed by atoms with Crippen molar-refractivity contribution >= 4 is 56.5 Å². The molecule has 0 heterocycles. The second-order valence-electron chi connectivity index (χ2n) is 4.15. The molecule has 0 saturated carbocycles. The molecule has 0 aliphatic heterocycles. The van der Waals surface area contributed by atoms with Gasteiger partial charge in [-0.15, -0.1) is 0 Å². The van der Waals surface area contributed by atoms with E-state index in [9.17, 15) is 4.79 Å². The summed E-state index contributed by atoms with van der Waals surface area (Å²) < 4.78 is 5.98. The Morgan fingerprint density at radius 3 is 2.43 bits per heavy atom. The zero-order valence-corrected chi connectivity index (χ0v) is 14.8. The van der Waals surface area contributed by atoms with Crippen molar-refractivity contribution in [3.63, 3.8) is 0 Å². The summed E-state index contributed by atoms with van der Waals surface area (Å²) in [5.41, 5.74) is 0.785. The molecule has 0 N–H and O–H groups in total. The first-order chi connectivity index (χ1) is 9.93. The van der Waals surface area contributed by atoms with Crippen LogP contribution in [-0.2, 0) is 0 Å². The number of carbonyl (C=O) groups excluding carboxylic acids is 1. The van der Waals surface area contributed by atoms with Crippen molar-refractivity contribution in [3.05, 3.63) is 61.0 Å². The Hall–Kier alpha value is -0.740. The van der Waals surface area contributed by atoms with Gasteiger partial charge in [-0.05, 0) is 47.1 Å². The van der Waals surface area contributed by atoms with Crippen LogP contribution in [0.25, 0.3) is 0 Å². The summed E-state index contributed by atoms with van der Waals surface area (Å²) in [6.45, 7) is 2.31. The fourth-order valence-electron chi connectivity index (χ4n) is 1.76. The van der Waals surface area contributed by atoms with Gasteiger partial charge in [-0.1, -0.05) is 34.8 Å². The molecule has 0 aromatic heterocycles. The number of halogens is 4. The minimum Gasteiger partial charge on any atom is -0.492 e. The second kappa shape index (κ2) is 7.01. The van der Waals surface area contributed by atoms with Gasteiger partial charge in [0.2, 0.25) is 0 Å². The third kappa shape index (κ3) is 3.72. The number of rotatable bonds is 4. The highest BCUT2D eigenvalue weighted by atomic mass is 79.9. The van der Waals surface area contributed by atoms with Crippen LogP contribution < -0.4 is 4.74 Å². The van der Waals surface area contributed by atoms with Crippen molar-refractivity contribution in [2.45, 2.75) is 6.92 Å². The highest BCUT2D eigenvalue weighted by Crippen LogP contribution is 2.33. The second-order valence-corrected chi connectivity index (χ2v) is 6.23. The normalized spacial score (nSPS) is 10.5. The first-order valence-corrected chi connectivity index (χ1v) is 7.98. The molecule has 6 heteroatoms. The molecule has 0 fully saturated rings. The van der Waals surface area contributed by atoms with Gasteiger partial charge in [0.25, 0.3) is 0 Å². The Labute approximate surface area is 146 Å². The Kier molecular flexibility index (Phi) is 5.55. The van der Waals surface area contributed by atoms with E-state index >= 15 is 0 Å². The van der Waals surface area contributed by atoms with Crippen LogP contribution in [0.15, 0.2) is 34.8 Å². The van der Waals surface area contributed by atoms with E-state index in [0.29, 0.717) is 43.0 Å². The average molecular weight is 409 g/mol. The van der Waals surface area contributed by atoms with E-state index in [-0.39, 0.29) is 5.78 Å². The summed E-state index contributed by atoms with van der Waals surface area (Å²) in [5.74, 6) is 0.223. The molecule has 2 aromatic carbocycles.